The average Bonchev–Trinajstić information content (AvgIpc) is 2.69. The number of benzene rings is 1. The van der Waals surface area contributed by atoms with Gasteiger partial charge < -0.3 is 10.1 Å². The van der Waals surface area contributed by atoms with Crippen molar-refractivity contribution in [1.82, 2.24) is 14.5 Å². The number of ether oxygens (including phenoxy) is 1. The molecule has 2 aliphatic heterocycles. The number of piperidine rings is 1. The molecule has 2 aliphatic rings. The molecule has 2 saturated heterocycles. The molecule has 0 bridgehead atoms. The fraction of sp³-hybridized carbons (Fsp3) is 0.632. The van der Waals surface area contributed by atoms with Gasteiger partial charge in [0.1, 0.15) is 0 Å². The second-order valence-electron chi connectivity index (χ2n) is 7.18. The van der Waals surface area contributed by atoms with Crippen LogP contribution in [0, 0.1) is 5.92 Å². The number of nitrogens with one attached hydrogen (secondary N) is 1. The Morgan fingerprint density at radius 2 is 1.89 bits per heavy atom. The Morgan fingerprint density at radius 3 is 2.63 bits per heavy atom. The Morgan fingerprint density at radius 1 is 1.15 bits per heavy atom. The van der Waals surface area contributed by atoms with Gasteiger partial charge in [-0.3, -0.25) is 9.69 Å². The fourth-order valence-electron chi connectivity index (χ4n) is 3.59. The third-order valence-electron chi connectivity index (χ3n) is 5.17. The number of hydrogen-bond donors (Lipinski definition) is 1. The van der Waals surface area contributed by atoms with E-state index in [0.29, 0.717) is 13.1 Å². The van der Waals surface area contributed by atoms with Gasteiger partial charge in [0, 0.05) is 39.3 Å². The van der Waals surface area contributed by atoms with Crippen molar-refractivity contribution < 1.29 is 17.9 Å². The van der Waals surface area contributed by atoms with E-state index in [1.54, 1.807) is 0 Å². The lowest BCUT2D eigenvalue weighted by atomic mass is 9.99. The zero-order valence-electron chi connectivity index (χ0n) is 15.7. The molecule has 0 radical (unpaired) electrons. The summed E-state index contributed by atoms with van der Waals surface area (Å²) in [5.41, 5.74) is 0.773. The van der Waals surface area contributed by atoms with Crippen molar-refractivity contribution in [2.45, 2.75) is 18.6 Å². The van der Waals surface area contributed by atoms with Crippen LogP contribution in [0.5, 0.6) is 0 Å². The number of hydrogen-bond acceptors (Lipinski definition) is 5. The maximum Gasteiger partial charge on any atom is 0.224 e. The summed E-state index contributed by atoms with van der Waals surface area (Å²) < 4.78 is 32.2. The largest absolute Gasteiger partial charge is 0.379 e. The van der Waals surface area contributed by atoms with Crippen LogP contribution in [-0.4, -0.2) is 76.0 Å². The van der Waals surface area contributed by atoms with Crippen molar-refractivity contribution in [3.63, 3.8) is 0 Å². The molecule has 1 aromatic rings. The first-order valence-electron chi connectivity index (χ1n) is 9.64. The van der Waals surface area contributed by atoms with Gasteiger partial charge >= 0.3 is 0 Å². The molecule has 7 nitrogen and oxygen atoms in total. The Hall–Kier alpha value is -1.48. The SMILES string of the molecule is O=C(NCCN1CCOCC1)C1CCCN(S(=O)(=O)Cc2ccccc2)C1. The summed E-state index contributed by atoms with van der Waals surface area (Å²) in [4.78, 5) is 14.8. The number of carbonyl (C=O) groups is 1. The minimum atomic E-state index is -3.41. The van der Waals surface area contributed by atoms with Gasteiger partial charge in [0.2, 0.25) is 15.9 Å². The van der Waals surface area contributed by atoms with Crippen LogP contribution in [0.15, 0.2) is 30.3 Å². The van der Waals surface area contributed by atoms with Crippen molar-refractivity contribution in [3.05, 3.63) is 35.9 Å². The van der Waals surface area contributed by atoms with Crippen LogP contribution in [0.2, 0.25) is 0 Å². The highest BCUT2D eigenvalue weighted by Crippen LogP contribution is 2.21. The van der Waals surface area contributed by atoms with Crippen LogP contribution >= 0.6 is 0 Å². The lowest BCUT2D eigenvalue weighted by Crippen LogP contribution is -2.47. The Balaban J connectivity index is 1.48. The van der Waals surface area contributed by atoms with Crippen LogP contribution in [-0.2, 0) is 25.3 Å². The summed E-state index contributed by atoms with van der Waals surface area (Å²) in [5.74, 6) is -0.323. The third kappa shape index (κ3) is 6.00. The summed E-state index contributed by atoms with van der Waals surface area (Å²) in [7, 11) is -3.41. The normalized spacial score (nSPS) is 22.4. The van der Waals surface area contributed by atoms with E-state index in [1.807, 2.05) is 30.3 Å². The summed E-state index contributed by atoms with van der Waals surface area (Å²) >= 11 is 0. The molecule has 3 rings (SSSR count). The highest BCUT2D eigenvalue weighted by Gasteiger charge is 2.32. The van der Waals surface area contributed by atoms with E-state index in [4.69, 9.17) is 4.74 Å². The predicted molar refractivity (Wildman–Crippen MR) is 104 cm³/mol. The van der Waals surface area contributed by atoms with Gasteiger partial charge in [-0.05, 0) is 18.4 Å². The van der Waals surface area contributed by atoms with Crippen molar-refractivity contribution in [2.24, 2.45) is 5.92 Å². The van der Waals surface area contributed by atoms with Gasteiger partial charge in [-0.1, -0.05) is 30.3 Å². The Labute approximate surface area is 161 Å². The zero-order valence-corrected chi connectivity index (χ0v) is 16.5. The Bertz CT molecular complexity index is 705. The quantitative estimate of drug-likeness (QED) is 0.734. The number of nitrogens with zero attached hydrogens (tertiary/aromatic N) is 2. The molecule has 150 valence electrons. The van der Waals surface area contributed by atoms with Gasteiger partial charge in [-0.15, -0.1) is 0 Å². The Kier molecular flexibility index (Phi) is 7.23. The second-order valence-corrected chi connectivity index (χ2v) is 9.15. The first-order chi connectivity index (χ1) is 13.0. The molecule has 1 aromatic carbocycles. The maximum absolute atomic E-state index is 12.7. The number of sulfonamides is 1. The standard InChI is InChI=1S/C19H29N3O4S/c23-19(20-8-10-21-11-13-26-14-12-21)18-7-4-9-22(15-18)27(24,25)16-17-5-2-1-3-6-17/h1-3,5-6,18H,4,7-16H2,(H,20,23). The summed E-state index contributed by atoms with van der Waals surface area (Å²) in [6, 6.07) is 9.18. The summed E-state index contributed by atoms with van der Waals surface area (Å²) in [6.07, 6.45) is 1.45. The van der Waals surface area contributed by atoms with E-state index in [0.717, 1.165) is 51.3 Å². The number of amides is 1. The van der Waals surface area contributed by atoms with Gasteiger partial charge in [0.05, 0.1) is 24.9 Å². The molecular formula is C19H29N3O4S. The first-order valence-corrected chi connectivity index (χ1v) is 11.2. The topological polar surface area (TPSA) is 79.0 Å². The predicted octanol–water partition coefficient (Wildman–Crippen LogP) is 0.677. The van der Waals surface area contributed by atoms with E-state index < -0.39 is 10.0 Å². The molecule has 27 heavy (non-hydrogen) atoms. The minimum absolute atomic E-state index is 0.0147. The monoisotopic (exact) mass is 395 g/mol. The fourth-order valence-corrected chi connectivity index (χ4v) is 5.20. The highest BCUT2D eigenvalue weighted by molar-refractivity contribution is 7.88. The molecule has 0 saturated carbocycles. The van der Waals surface area contributed by atoms with Gasteiger partial charge in [0.15, 0.2) is 0 Å². The van der Waals surface area contributed by atoms with Gasteiger partial charge in [0.25, 0.3) is 0 Å². The molecule has 1 atom stereocenters. The maximum atomic E-state index is 12.7. The number of morpholine rings is 1. The minimum Gasteiger partial charge on any atom is -0.379 e. The van der Waals surface area contributed by atoms with Crippen LogP contribution in [0.3, 0.4) is 0 Å². The molecular weight excluding hydrogens is 366 g/mol. The van der Waals surface area contributed by atoms with E-state index in [9.17, 15) is 13.2 Å². The van der Waals surface area contributed by atoms with E-state index in [2.05, 4.69) is 10.2 Å². The molecule has 0 spiro atoms. The van der Waals surface area contributed by atoms with Crippen LogP contribution in [0.4, 0.5) is 0 Å². The van der Waals surface area contributed by atoms with Gasteiger partial charge in [-0.2, -0.15) is 0 Å². The summed E-state index contributed by atoms with van der Waals surface area (Å²) in [5, 5.41) is 2.98. The lowest BCUT2D eigenvalue weighted by Gasteiger charge is -2.31. The zero-order chi connectivity index (χ0) is 19.1. The van der Waals surface area contributed by atoms with Crippen LogP contribution in [0.1, 0.15) is 18.4 Å². The second kappa shape index (κ2) is 9.64. The van der Waals surface area contributed by atoms with Crippen molar-refractivity contribution in [1.29, 1.82) is 0 Å². The molecule has 2 heterocycles. The lowest BCUT2D eigenvalue weighted by molar-refractivity contribution is -0.126. The molecule has 1 N–H and O–H groups in total. The van der Waals surface area contributed by atoms with Gasteiger partial charge in [-0.25, -0.2) is 12.7 Å². The molecule has 2 fully saturated rings. The van der Waals surface area contributed by atoms with E-state index in [-0.39, 0.29) is 24.1 Å². The van der Waals surface area contributed by atoms with Crippen molar-refractivity contribution in [3.8, 4) is 0 Å². The molecule has 1 amide bonds. The number of carbonyl (C=O) groups excluding carboxylic acids is 1. The van der Waals surface area contributed by atoms with Crippen molar-refractivity contribution in [2.75, 3.05) is 52.5 Å². The number of rotatable bonds is 7. The molecule has 1 unspecified atom stereocenters. The van der Waals surface area contributed by atoms with E-state index in [1.165, 1.54) is 4.31 Å². The molecule has 0 aromatic heterocycles. The smallest absolute Gasteiger partial charge is 0.224 e. The highest BCUT2D eigenvalue weighted by atomic mass is 32.2. The summed E-state index contributed by atoms with van der Waals surface area (Å²) in [6.45, 7) is 5.43. The first kappa shape index (κ1) is 20.3. The molecule has 0 aliphatic carbocycles. The van der Waals surface area contributed by atoms with Crippen LogP contribution in [0.25, 0.3) is 0 Å². The van der Waals surface area contributed by atoms with E-state index >= 15 is 0 Å². The third-order valence-corrected chi connectivity index (χ3v) is 6.99. The van der Waals surface area contributed by atoms with Crippen LogP contribution < -0.4 is 5.32 Å². The van der Waals surface area contributed by atoms with Crippen molar-refractivity contribution >= 4 is 15.9 Å². The average molecular weight is 396 g/mol. The molecule has 8 heteroatoms.